The van der Waals surface area contributed by atoms with Gasteiger partial charge in [-0.2, -0.15) is 0 Å². The first-order chi connectivity index (χ1) is 11.7. The first-order valence-corrected chi connectivity index (χ1v) is 8.54. The smallest absolute Gasteiger partial charge is 0.228 e. The highest BCUT2D eigenvalue weighted by Crippen LogP contribution is 2.18. The average molecular weight is 326 g/mol. The van der Waals surface area contributed by atoms with Crippen molar-refractivity contribution in [3.8, 4) is 5.75 Å². The highest BCUT2D eigenvalue weighted by Gasteiger charge is 2.05. The Morgan fingerprint density at radius 2 is 1.88 bits per heavy atom. The van der Waals surface area contributed by atoms with Gasteiger partial charge in [-0.15, -0.1) is 0 Å². The summed E-state index contributed by atoms with van der Waals surface area (Å²) in [7, 11) is 0. The molecule has 0 bridgehead atoms. The minimum atomic E-state index is -0.0557. The predicted octanol–water partition coefficient (Wildman–Crippen LogP) is 4.41. The van der Waals surface area contributed by atoms with Gasteiger partial charge in [0.1, 0.15) is 5.75 Å². The van der Waals surface area contributed by atoms with E-state index in [-0.39, 0.29) is 5.91 Å². The van der Waals surface area contributed by atoms with Gasteiger partial charge < -0.3 is 15.8 Å². The van der Waals surface area contributed by atoms with E-state index < -0.39 is 0 Å². The van der Waals surface area contributed by atoms with Crippen LogP contribution >= 0.6 is 0 Å². The van der Waals surface area contributed by atoms with Crippen molar-refractivity contribution in [1.29, 1.82) is 0 Å². The molecule has 0 heterocycles. The molecule has 0 aliphatic heterocycles. The van der Waals surface area contributed by atoms with E-state index in [9.17, 15) is 4.79 Å². The van der Waals surface area contributed by atoms with Crippen LogP contribution in [0, 0.1) is 0 Å². The van der Waals surface area contributed by atoms with Gasteiger partial charge in [-0.1, -0.05) is 44.4 Å². The second kappa shape index (κ2) is 9.60. The molecule has 2 rings (SSSR count). The lowest BCUT2D eigenvalue weighted by Gasteiger charge is -2.09. The predicted molar refractivity (Wildman–Crippen MR) is 99.3 cm³/mol. The Balaban J connectivity index is 1.82. The van der Waals surface area contributed by atoms with Crippen molar-refractivity contribution >= 4 is 17.3 Å². The molecule has 1 amide bonds. The van der Waals surface area contributed by atoms with E-state index in [0.29, 0.717) is 18.7 Å². The van der Waals surface area contributed by atoms with E-state index in [4.69, 9.17) is 10.5 Å². The molecule has 4 nitrogen and oxygen atoms in total. The Kier molecular flexibility index (Phi) is 7.15. The third-order valence-electron chi connectivity index (χ3n) is 3.73. The molecule has 0 spiro atoms. The minimum Gasteiger partial charge on any atom is -0.494 e. The minimum absolute atomic E-state index is 0.0557. The summed E-state index contributed by atoms with van der Waals surface area (Å²) in [6, 6.07) is 14.9. The molecule has 0 aromatic heterocycles. The fourth-order valence-electron chi connectivity index (χ4n) is 2.41. The number of carbonyl (C=O) groups excluding carboxylic acids is 1. The van der Waals surface area contributed by atoms with E-state index in [1.807, 2.05) is 36.4 Å². The number of amides is 1. The zero-order valence-corrected chi connectivity index (χ0v) is 14.3. The van der Waals surface area contributed by atoms with E-state index in [2.05, 4.69) is 12.2 Å². The summed E-state index contributed by atoms with van der Waals surface area (Å²) in [4.78, 5) is 12.1. The third kappa shape index (κ3) is 6.32. The summed E-state index contributed by atoms with van der Waals surface area (Å²) in [5, 5.41) is 2.91. The van der Waals surface area contributed by atoms with Crippen molar-refractivity contribution in [2.24, 2.45) is 0 Å². The van der Waals surface area contributed by atoms with Crippen LogP contribution in [-0.4, -0.2) is 12.5 Å². The molecule has 0 radical (unpaired) electrons. The molecule has 0 saturated carbocycles. The number of ether oxygens (including phenoxy) is 1. The normalized spacial score (nSPS) is 10.4. The van der Waals surface area contributed by atoms with E-state index in [1.165, 1.54) is 19.3 Å². The van der Waals surface area contributed by atoms with E-state index in [1.54, 1.807) is 12.1 Å². The Labute approximate surface area is 144 Å². The molecule has 2 aromatic carbocycles. The monoisotopic (exact) mass is 326 g/mol. The molecule has 0 atom stereocenters. The summed E-state index contributed by atoms with van der Waals surface area (Å²) in [5.74, 6) is 0.733. The quantitative estimate of drug-likeness (QED) is 0.530. The van der Waals surface area contributed by atoms with E-state index in [0.717, 1.165) is 23.4 Å². The highest BCUT2D eigenvalue weighted by molar-refractivity contribution is 5.92. The fourth-order valence-corrected chi connectivity index (χ4v) is 2.41. The van der Waals surface area contributed by atoms with Gasteiger partial charge >= 0.3 is 0 Å². The molecule has 0 fully saturated rings. The van der Waals surface area contributed by atoms with Gasteiger partial charge in [-0.3, -0.25) is 4.79 Å². The Morgan fingerprint density at radius 3 is 2.62 bits per heavy atom. The molecule has 24 heavy (non-hydrogen) atoms. The van der Waals surface area contributed by atoms with Crippen LogP contribution in [0.4, 0.5) is 11.4 Å². The first-order valence-electron chi connectivity index (χ1n) is 8.54. The number of rotatable bonds is 9. The molecule has 0 unspecified atom stereocenters. The second-order valence-electron chi connectivity index (χ2n) is 5.90. The van der Waals surface area contributed by atoms with E-state index >= 15 is 0 Å². The first kappa shape index (κ1) is 17.9. The number of benzene rings is 2. The summed E-state index contributed by atoms with van der Waals surface area (Å²) in [5.41, 5.74) is 8.03. The molecule has 0 saturated heterocycles. The van der Waals surface area contributed by atoms with Crippen LogP contribution < -0.4 is 15.8 Å². The van der Waals surface area contributed by atoms with Crippen LogP contribution in [0.3, 0.4) is 0 Å². The number of nitrogens with one attached hydrogen (secondary N) is 1. The number of unbranched alkanes of at least 4 members (excludes halogenated alkanes) is 3. The Morgan fingerprint density at radius 1 is 1.08 bits per heavy atom. The van der Waals surface area contributed by atoms with Crippen LogP contribution in [0.2, 0.25) is 0 Å². The van der Waals surface area contributed by atoms with Crippen LogP contribution in [0.15, 0.2) is 48.5 Å². The second-order valence-corrected chi connectivity index (χ2v) is 5.90. The van der Waals surface area contributed by atoms with Gasteiger partial charge in [0, 0.05) is 17.4 Å². The number of hydrogen-bond acceptors (Lipinski definition) is 3. The van der Waals surface area contributed by atoms with Crippen LogP contribution in [0.1, 0.15) is 38.2 Å². The third-order valence-corrected chi connectivity index (χ3v) is 3.73. The number of anilines is 2. The molecular weight excluding hydrogens is 300 g/mol. The number of nitrogen functional groups attached to an aromatic ring is 1. The van der Waals surface area contributed by atoms with Crippen molar-refractivity contribution in [1.82, 2.24) is 0 Å². The van der Waals surface area contributed by atoms with Gasteiger partial charge in [-0.25, -0.2) is 0 Å². The molecule has 0 aliphatic carbocycles. The Bertz CT molecular complexity index is 638. The van der Waals surface area contributed by atoms with Crippen molar-refractivity contribution in [3.63, 3.8) is 0 Å². The van der Waals surface area contributed by atoms with Crippen molar-refractivity contribution < 1.29 is 9.53 Å². The lowest BCUT2D eigenvalue weighted by atomic mass is 10.1. The summed E-state index contributed by atoms with van der Waals surface area (Å²) in [6.45, 7) is 2.90. The standard InChI is InChI=1S/C20H26N2O2/c1-2-3-4-5-13-24-19-8-6-7-18(15-19)22-20(23)14-16-9-11-17(21)12-10-16/h6-12,15H,2-5,13-14,21H2,1H3,(H,22,23). The summed E-state index contributed by atoms with van der Waals surface area (Å²) in [6.07, 6.45) is 5.03. The van der Waals surface area contributed by atoms with Gasteiger partial charge in [0.2, 0.25) is 5.91 Å². The summed E-state index contributed by atoms with van der Waals surface area (Å²) >= 11 is 0. The zero-order valence-electron chi connectivity index (χ0n) is 14.3. The maximum atomic E-state index is 12.1. The van der Waals surface area contributed by atoms with Gasteiger partial charge in [0.15, 0.2) is 0 Å². The van der Waals surface area contributed by atoms with Crippen LogP contribution in [0.5, 0.6) is 5.75 Å². The molecule has 4 heteroatoms. The highest BCUT2D eigenvalue weighted by atomic mass is 16.5. The largest absolute Gasteiger partial charge is 0.494 e. The number of carbonyl (C=O) groups is 1. The lowest BCUT2D eigenvalue weighted by Crippen LogP contribution is -2.14. The van der Waals surface area contributed by atoms with Crippen molar-refractivity contribution in [2.75, 3.05) is 17.7 Å². The lowest BCUT2D eigenvalue weighted by molar-refractivity contribution is -0.115. The summed E-state index contributed by atoms with van der Waals surface area (Å²) < 4.78 is 5.74. The van der Waals surface area contributed by atoms with Crippen molar-refractivity contribution in [3.05, 3.63) is 54.1 Å². The zero-order chi connectivity index (χ0) is 17.2. The molecular formula is C20H26N2O2. The molecule has 0 aliphatic rings. The van der Waals surface area contributed by atoms with Gasteiger partial charge in [-0.05, 0) is 36.2 Å². The van der Waals surface area contributed by atoms with Crippen LogP contribution in [0.25, 0.3) is 0 Å². The average Bonchev–Trinajstić information content (AvgIpc) is 2.57. The molecule has 128 valence electrons. The number of nitrogens with two attached hydrogens (primary N) is 1. The Hall–Kier alpha value is -2.49. The maximum Gasteiger partial charge on any atom is 0.228 e. The molecule has 3 N–H and O–H groups in total. The topological polar surface area (TPSA) is 64.3 Å². The van der Waals surface area contributed by atoms with Crippen molar-refractivity contribution in [2.45, 2.75) is 39.0 Å². The van der Waals surface area contributed by atoms with Gasteiger partial charge in [0.05, 0.1) is 13.0 Å². The fraction of sp³-hybridized carbons (Fsp3) is 0.350. The maximum absolute atomic E-state index is 12.1. The molecule has 2 aromatic rings. The van der Waals surface area contributed by atoms with Gasteiger partial charge in [0.25, 0.3) is 0 Å². The number of hydrogen-bond donors (Lipinski definition) is 2. The SMILES string of the molecule is CCCCCCOc1cccc(NC(=O)Cc2ccc(N)cc2)c1. The van der Waals surface area contributed by atoms with Crippen LogP contribution in [-0.2, 0) is 11.2 Å².